The SMILES string of the molecule is O=C1NC(=NCc2ccco2)C(c2cc(F)cc(F)c2)N1CCCn1ccnc1. The fourth-order valence-corrected chi connectivity index (χ4v) is 3.35. The summed E-state index contributed by atoms with van der Waals surface area (Å²) in [6.45, 7) is 1.25. The van der Waals surface area contributed by atoms with E-state index in [1.807, 2.05) is 10.8 Å². The van der Waals surface area contributed by atoms with Gasteiger partial charge in [0.1, 0.15) is 29.3 Å². The number of nitrogens with one attached hydrogen (secondary N) is 1. The average Bonchev–Trinajstić information content (AvgIpc) is 3.42. The van der Waals surface area contributed by atoms with Crippen LogP contribution in [0.15, 0.2) is 64.7 Å². The van der Waals surface area contributed by atoms with E-state index in [9.17, 15) is 13.6 Å². The Bertz CT molecular complexity index is 982. The number of benzene rings is 1. The van der Waals surface area contributed by atoms with Crippen LogP contribution >= 0.6 is 0 Å². The van der Waals surface area contributed by atoms with Crippen molar-refractivity contribution in [2.75, 3.05) is 6.54 Å². The molecule has 150 valence electrons. The van der Waals surface area contributed by atoms with Crippen molar-refractivity contribution < 1.29 is 18.0 Å². The number of aromatic nitrogens is 2. The summed E-state index contributed by atoms with van der Waals surface area (Å²) in [6.07, 6.45) is 7.38. The Hall–Kier alpha value is -3.49. The van der Waals surface area contributed by atoms with E-state index in [1.54, 1.807) is 24.7 Å². The van der Waals surface area contributed by atoms with Gasteiger partial charge in [0.2, 0.25) is 0 Å². The van der Waals surface area contributed by atoms with Crippen LogP contribution in [0.1, 0.15) is 23.8 Å². The molecule has 3 heterocycles. The minimum Gasteiger partial charge on any atom is -0.467 e. The standard InChI is InChI=1S/C20H19F2N5O2/c21-15-9-14(10-16(22)11-15)18-19(24-12-17-3-1-8-29-17)25-20(28)27(18)6-2-5-26-7-4-23-13-26/h1,3-4,7-11,13,18H,2,5-6,12H2,(H,24,25,28). The molecule has 1 aliphatic rings. The Morgan fingerprint density at radius 3 is 2.72 bits per heavy atom. The molecule has 0 aliphatic carbocycles. The predicted molar refractivity (Wildman–Crippen MR) is 101 cm³/mol. The molecule has 1 atom stereocenters. The summed E-state index contributed by atoms with van der Waals surface area (Å²) in [7, 11) is 0. The maximum atomic E-state index is 13.9. The number of urea groups is 1. The van der Waals surface area contributed by atoms with Gasteiger partial charge in [0.15, 0.2) is 0 Å². The van der Waals surface area contributed by atoms with Gasteiger partial charge >= 0.3 is 6.03 Å². The first-order valence-corrected chi connectivity index (χ1v) is 9.16. The van der Waals surface area contributed by atoms with E-state index in [-0.39, 0.29) is 12.6 Å². The molecule has 0 spiro atoms. The molecule has 3 aromatic rings. The van der Waals surface area contributed by atoms with Crippen LogP contribution in [0, 0.1) is 11.6 Å². The minimum atomic E-state index is -0.705. The van der Waals surface area contributed by atoms with Crippen LogP contribution in [0.2, 0.25) is 0 Å². The molecular formula is C20H19F2N5O2. The number of amidine groups is 1. The lowest BCUT2D eigenvalue weighted by atomic mass is 10.0. The molecule has 9 heteroatoms. The number of carbonyl (C=O) groups excluding carboxylic acids is 1. The highest BCUT2D eigenvalue weighted by molar-refractivity contribution is 6.07. The van der Waals surface area contributed by atoms with Crippen molar-refractivity contribution in [1.82, 2.24) is 19.8 Å². The van der Waals surface area contributed by atoms with Crippen molar-refractivity contribution >= 4 is 11.9 Å². The van der Waals surface area contributed by atoms with Crippen LogP contribution in [0.5, 0.6) is 0 Å². The predicted octanol–water partition coefficient (Wildman–Crippen LogP) is 3.51. The minimum absolute atomic E-state index is 0.208. The summed E-state index contributed by atoms with van der Waals surface area (Å²) in [5.74, 6) is -0.459. The molecule has 0 saturated carbocycles. The second kappa shape index (κ2) is 8.26. The molecule has 4 rings (SSSR count). The largest absolute Gasteiger partial charge is 0.467 e. The smallest absolute Gasteiger partial charge is 0.323 e. The lowest BCUT2D eigenvalue weighted by Crippen LogP contribution is -2.31. The zero-order chi connectivity index (χ0) is 20.2. The van der Waals surface area contributed by atoms with Gasteiger partial charge in [-0.05, 0) is 36.2 Å². The van der Waals surface area contributed by atoms with E-state index < -0.39 is 17.7 Å². The third-order valence-corrected chi connectivity index (χ3v) is 4.63. The molecular weight excluding hydrogens is 380 g/mol. The van der Waals surface area contributed by atoms with Gasteiger partial charge < -0.3 is 13.9 Å². The van der Waals surface area contributed by atoms with E-state index in [1.165, 1.54) is 23.3 Å². The summed E-state index contributed by atoms with van der Waals surface area (Å²) >= 11 is 0. The Balaban J connectivity index is 1.59. The molecule has 1 aromatic carbocycles. The lowest BCUT2D eigenvalue weighted by molar-refractivity contribution is 0.204. The van der Waals surface area contributed by atoms with Crippen molar-refractivity contribution in [2.45, 2.75) is 25.6 Å². The average molecular weight is 399 g/mol. The van der Waals surface area contributed by atoms with Gasteiger partial charge in [-0.1, -0.05) is 0 Å². The molecule has 1 unspecified atom stereocenters. The third kappa shape index (κ3) is 4.34. The number of amides is 2. The molecule has 1 aliphatic heterocycles. The maximum absolute atomic E-state index is 13.9. The van der Waals surface area contributed by atoms with Gasteiger partial charge in [0.05, 0.1) is 19.1 Å². The maximum Gasteiger partial charge on any atom is 0.323 e. The Labute approximate surface area is 165 Å². The number of hydrogen-bond acceptors (Lipinski definition) is 4. The van der Waals surface area contributed by atoms with Crippen LogP contribution in [-0.2, 0) is 13.1 Å². The fraction of sp³-hybridized carbons (Fsp3) is 0.250. The van der Waals surface area contributed by atoms with Crippen molar-refractivity contribution in [3.63, 3.8) is 0 Å². The van der Waals surface area contributed by atoms with Gasteiger partial charge in [-0.3, -0.25) is 10.3 Å². The summed E-state index contributed by atoms with van der Waals surface area (Å²) in [4.78, 5) is 22.5. The van der Waals surface area contributed by atoms with Crippen molar-refractivity contribution in [2.24, 2.45) is 4.99 Å². The first-order valence-electron chi connectivity index (χ1n) is 9.16. The van der Waals surface area contributed by atoms with Gasteiger partial charge in [-0.25, -0.2) is 18.6 Å². The van der Waals surface area contributed by atoms with Crippen LogP contribution in [0.3, 0.4) is 0 Å². The molecule has 2 aromatic heterocycles. The summed E-state index contributed by atoms with van der Waals surface area (Å²) in [5, 5.41) is 2.73. The summed E-state index contributed by atoms with van der Waals surface area (Å²) in [6, 6.07) is 5.69. The molecule has 1 saturated heterocycles. The Kier molecular flexibility index (Phi) is 5.37. The second-order valence-electron chi connectivity index (χ2n) is 6.66. The van der Waals surface area contributed by atoms with E-state index in [0.29, 0.717) is 36.7 Å². The molecule has 29 heavy (non-hydrogen) atoms. The number of aliphatic imine (C=N–C) groups is 1. The second-order valence-corrected chi connectivity index (χ2v) is 6.66. The molecule has 0 bridgehead atoms. The number of hydrogen-bond donors (Lipinski definition) is 1. The van der Waals surface area contributed by atoms with E-state index >= 15 is 0 Å². The highest BCUT2D eigenvalue weighted by Gasteiger charge is 2.37. The van der Waals surface area contributed by atoms with Crippen molar-refractivity contribution in [3.05, 3.63) is 78.3 Å². The molecule has 1 fully saturated rings. The number of rotatable bonds is 7. The summed E-state index contributed by atoms with van der Waals surface area (Å²) < 4.78 is 34.9. The molecule has 2 amide bonds. The van der Waals surface area contributed by atoms with Gasteiger partial charge in [0.25, 0.3) is 0 Å². The number of aryl methyl sites for hydroxylation is 1. The van der Waals surface area contributed by atoms with Crippen molar-refractivity contribution in [3.8, 4) is 0 Å². The number of carbonyl (C=O) groups is 1. The zero-order valence-electron chi connectivity index (χ0n) is 15.5. The van der Waals surface area contributed by atoms with E-state index in [4.69, 9.17) is 4.42 Å². The lowest BCUT2D eigenvalue weighted by Gasteiger charge is -2.23. The van der Waals surface area contributed by atoms with E-state index in [0.717, 1.165) is 6.07 Å². The van der Waals surface area contributed by atoms with Crippen LogP contribution in [-0.4, -0.2) is 32.9 Å². The zero-order valence-corrected chi connectivity index (χ0v) is 15.5. The Morgan fingerprint density at radius 2 is 2.03 bits per heavy atom. The van der Waals surface area contributed by atoms with Crippen LogP contribution in [0.25, 0.3) is 0 Å². The number of nitrogens with zero attached hydrogens (tertiary/aromatic N) is 4. The number of imidazole rings is 1. The monoisotopic (exact) mass is 399 g/mol. The molecule has 1 N–H and O–H groups in total. The highest BCUT2D eigenvalue weighted by Crippen LogP contribution is 2.28. The van der Waals surface area contributed by atoms with Crippen LogP contribution < -0.4 is 5.32 Å². The quantitative estimate of drug-likeness (QED) is 0.661. The van der Waals surface area contributed by atoms with Crippen LogP contribution in [0.4, 0.5) is 13.6 Å². The highest BCUT2D eigenvalue weighted by atomic mass is 19.1. The number of halogens is 2. The number of furan rings is 1. The molecule has 0 radical (unpaired) electrons. The third-order valence-electron chi connectivity index (χ3n) is 4.63. The van der Waals surface area contributed by atoms with Crippen molar-refractivity contribution in [1.29, 1.82) is 0 Å². The Morgan fingerprint density at radius 1 is 1.21 bits per heavy atom. The molecule has 7 nitrogen and oxygen atoms in total. The van der Waals surface area contributed by atoms with E-state index in [2.05, 4.69) is 15.3 Å². The topological polar surface area (TPSA) is 75.7 Å². The summed E-state index contributed by atoms with van der Waals surface area (Å²) in [5.41, 5.74) is 0.321. The fourth-order valence-electron chi connectivity index (χ4n) is 3.35. The van der Waals surface area contributed by atoms with Gasteiger partial charge in [0, 0.05) is 31.5 Å². The van der Waals surface area contributed by atoms with Gasteiger partial charge in [-0.2, -0.15) is 0 Å². The van der Waals surface area contributed by atoms with Gasteiger partial charge in [-0.15, -0.1) is 0 Å². The first-order chi connectivity index (χ1) is 14.1. The normalized spacial score (nSPS) is 17.9. The first kappa shape index (κ1) is 18.9.